The smallest absolute Gasteiger partial charge is 0.338 e. The molecule has 5 heteroatoms. The first-order valence-electron chi connectivity index (χ1n) is 7.46. The number of carbonyl (C=O) groups excluding carboxylic acids is 2. The Hall–Kier alpha value is -2.43. The topological polar surface area (TPSA) is 65.0 Å². The Kier molecular flexibility index (Phi) is 7.19. The van der Waals surface area contributed by atoms with E-state index in [0.29, 0.717) is 11.3 Å². The highest BCUT2D eigenvalue weighted by molar-refractivity contribution is 6.39. The number of Topliss-reactive ketones (excluding diaryl/α,β-unsaturated/α-hetero) is 1. The van der Waals surface area contributed by atoms with Gasteiger partial charge in [-0.15, -0.1) is 0 Å². The molecule has 5 nitrogen and oxygen atoms in total. The lowest BCUT2D eigenvalue weighted by molar-refractivity contribution is -0.133. The van der Waals surface area contributed by atoms with Gasteiger partial charge < -0.3 is 9.57 Å². The summed E-state index contributed by atoms with van der Waals surface area (Å²) in [4.78, 5) is 28.9. The predicted octanol–water partition coefficient (Wildman–Crippen LogP) is 3.38. The molecule has 23 heavy (non-hydrogen) atoms. The number of ether oxygens (including phenoxy) is 1. The molecule has 0 amide bonds. The maximum Gasteiger partial charge on any atom is 0.338 e. The molecule has 1 aromatic carbocycles. The van der Waals surface area contributed by atoms with Crippen LogP contribution in [0.2, 0.25) is 0 Å². The van der Waals surface area contributed by atoms with E-state index in [9.17, 15) is 9.59 Å². The van der Waals surface area contributed by atoms with Gasteiger partial charge in [-0.2, -0.15) is 0 Å². The molecule has 0 aliphatic heterocycles. The number of oxime groups is 1. The molecule has 0 aromatic heterocycles. The highest BCUT2D eigenvalue weighted by Gasteiger charge is 2.15. The van der Waals surface area contributed by atoms with Gasteiger partial charge >= 0.3 is 5.97 Å². The van der Waals surface area contributed by atoms with Gasteiger partial charge in [-0.1, -0.05) is 49.3 Å². The van der Waals surface area contributed by atoms with Gasteiger partial charge in [0.1, 0.15) is 12.3 Å². The van der Waals surface area contributed by atoms with Crippen molar-refractivity contribution in [1.29, 1.82) is 0 Å². The van der Waals surface area contributed by atoms with Crippen LogP contribution in [0.25, 0.3) is 5.57 Å². The van der Waals surface area contributed by atoms with Gasteiger partial charge in [0, 0.05) is 11.5 Å². The molecule has 0 radical (unpaired) electrons. The molecule has 1 aromatic rings. The second-order valence-electron chi connectivity index (χ2n) is 5.32. The summed E-state index contributed by atoms with van der Waals surface area (Å²) >= 11 is 0. The Morgan fingerprint density at radius 1 is 1.26 bits per heavy atom. The normalized spacial score (nSPS) is 12.3. The number of ketones is 1. The van der Waals surface area contributed by atoms with Crippen molar-refractivity contribution in [2.75, 3.05) is 7.11 Å². The summed E-state index contributed by atoms with van der Waals surface area (Å²) in [5, 5.41) is 3.86. The minimum Gasteiger partial charge on any atom is -0.465 e. The van der Waals surface area contributed by atoms with Gasteiger partial charge in [-0.25, -0.2) is 4.79 Å². The van der Waals surface area contributed by atoms with Gasteiger partial charge in [-0.05, 0) is 19.4 Å². The zero-order chi connectivity index (χ0) is 17.4. The van der Waals surface area contributed by atoms with Crippen LogP contribution in [0.1, 0.15) is 38.8 Å². The third-order valence-electron chi connectivity index (χ3n) is 3.30. The second kappa shape index (κ2) is 8.88. The summed E-state index contributed by atoms with van der Waals surface area (Å²) in [6.07, 6.45) is 1.70. The van der Waals surface area contributed by atoms with Gasteiger partial charge in [-0.3, -0.25) is 4.79 Å². The van der Waals surface area contributed by atoms with Crippen LogP contribution in [0, 0.1) is 5.92 Å². The summed E-state index contributed by atoms with van der Waals surface area (Å²) in [6.45, 7) is 7.18. The Morgan fingerprint density at radius 2 is 1.91 bits per heavy atom. The quantitative estimate of drug-likeness (QED) is 0.335. The Labute approximate surface area is 137 Å². The molecule has 0 spiro atoms. The zero-order valence-electron chi connectivity index (χ0n) is 14.3. The molecule has 0 aliphatic rings. The number of methoxy groups -OCH3 is 1. The molecular formula is C18H23NO4. The largest absolute Gasteiger partial charge is 0.465 e. The summed E-state index contributed by atoms with van der Waals surface area (Å²) in [7, 11) is 1.34. The minimum atomic E-state index is -0.408. The van der Waals surface area contributed by atoms with Gasteiger partial charge in [0.2, 0.25) is 0 Å². The molecule has 0 aliphatic carbocycles. The molecular weight excluding hydrogens is 294 g/mol. The van der Waals surface area contributed by atoms with Gasteiger partial charge in [0.25, 0.3) is 0 Å². The van der Waals surface area contributed by atoms with E-state index in [0.717, 1.165) is 11.1 Å². The number of carbonyl (C=O) groups is 2. The van der Waals surface area contributed by atoms with Crippen LogP contribution in [0.3, 0.4) is 0 Å². The van der Waals surface area contributed by atoms with Crippen LogP contribution in [0.4, 0.5) is 0 Å². The second-order valence-corrected chi connectivity index (χ2v) is 5.32. The number of benzene rings is 1. The van der Waals surface area contributed by atoms with Crippen molar-refractivity contribution in [2.24, 2.45) is 11.1 Å². The predicted molar refractivity (Wildman–Crippen MR) is 89.9 cm³/mol. The molecule has 124 valence electrons. The molecule has 0 unspecified atom stereocenters. The summed E-state index contributed by atoms with van der Waals surface area (Å²) < 4.78 is 4.79. The van der Waals surface area contributed by atoms with Crippen molar-refractivity contribution in [2.45, 2.75) is 34.3 Å². The maximum atomic E-state index is 11.8. The number of hydrogen-bond donors (Lipinski definition) is 0. The first-order chi connectivity index (χ1) is 10.9. The summed E-state index contributed by atoms with van der Waals surface area (Å²) in [5.41, 5.74) is 2.31. The van der Waals surface area contributed by atoms with Crippen LogP contribution >= 0.6 is 0 Å². The fourth-order valence-corrected chi connectivity index (χ4v) is 2.06. The van der Waals surface area contributed by atoms with Crippen molar-refractivity contribution in [1.82, 2.24) is 0 Å². The van der Waals surface area contributed by atoms with E-state index < -0.39 is 5.97 Å². The third kappa shape index (κ3) is 5.06. The molecule has 0 heterocycles. The molecule has 0 fully saturated rings. The van der Waals surface area contributed by atoms with E-state index in [-0.39, 0.29) is 18.3 Å². The lowest BCUT2D eigenvalue weighted by atomic mass is 10.00. The van der Waals surface area contributed by atoms with E-state index in [2.05, 4.69) is 5.16 Å². The van der Waals surface area contributed by atoms with E-state index in [1.54, 1.807) is 19.9 Å². The van der Waals surface area contributed by atoms with Crippen molar-refractivity contribution >= 4 is 23.0 Å². The number of nitrogens with zero attached hydrogens (tertiary/aromatic N) is 1. The zero-order valence-corrected chi connectivity index (χ0v) is 14.3. The molecule has 0 saturated heterocycles. The van der Waals surface area contributed by atoms with Crippen LogP contribution in [0.5, 0.6) is 0 Å². The van der Waals surface area contributed by atoms with Crippen molar-refractivity contribution in [3.05, 3.63) is 41.5 Å². The highest BCUT2D eigenvalue weighted by Crippen LogP contribution is 2.21. The van der Waals surface area contributed by atoms with E-state index in [1.807, 2.05) is 38.1 Å². The maximum absolute atomic E-state index is 11.8. The minimum absolute atomic E-state index is 0.0537. The fourth-order valence-electron chi connectivity index (χ4n) is 2.06. The monoisotopic (exact) mass is 317 g/mol. The third-order valence-corrected chi connectivity index (χ3v) is 3.30. The van der Waals surface area contributed by atoms with Gasteiger partial charge in [0.15, 0.2) is 5.78 Å². The van der Waals surface area contributed by atoms with Crippen molar-refractivity contribution in [3.63, 3.8) is 0 Å². The van der Waals surface area contributed by atoms with Gasteiger partial charge in [0.05, 0.1) is 12.7 Å². The number of allylic oxidation sites excluding steroid dienone is 1. The van der Waals surface area contributed by atoms with Crippen LogP contribution in [-0.4, -0.2) is 24.6 Å². The Morgan fingerprint density at radius 3 is 2.48 bits per heavy atom. The SMILES string of the molecule is CC=C(C(=O)OC)c1ccccc1CON=C(C)C(=O)C(C)C. The fraction of sp³-hybridized carbons (Fsp3) is 0.389. The average Bonchev–Trinajstić information content (AvgIpc) is 2.55. The Bertz CT molecular complexity index is 630. The van der Waals surface area contributed by atoms with E-state index in [4.69, 9.17) is 9.57 Å². The first-order valence-corrected chi connectivity index (χ1v) is 7.46. The number of hydrogen-bond acceptors (Lipinski definition) is 5. The lowest BCUT2D eigenvalue weighted by Gasteiger charge is -2.11. The molecule has 0 atom stereocenters. The average molecular weight is 317 g/mol. The van der Waals surface area contributed by atoms with Crippen molar-refractivity contribution in [3.8, 4) is 0 Å². The lowest BCUT2D eigenvalue weighted by Crippen LogP contribution is -2.17. The van der Waals surface area contributed by atoms with Crippen LogP contribution < -0.4 is 0 Å². The van der Waals surface area contributed by atoms with Crippen LogP contribution in [0.15, 0.2) is 35.5 Å². The standard InChI is InChI=1S/C18H23NO4/c1-6-15(18(21)22-5)16-10-8-7-9-14(16)11-23-19-13(4)17(20)12(2)3/h6-10,12H,11H2,1-5H3. The number of rotatable bonds is 7. The molecule has 0 bridgehead atoms. The Balaban J connectivity index is 2.93. The summed E-state index contributed by atoms with van der Waals surface area (Å²) in [5.74, 6) is -0.583. The van der Waals surface area contributed by atoms with E-state index in [1.165, 1.54) is 7.11 Å². The highest BCUT2D eigenvalue weighted by atomic mass is 16.6. The van der Waals surface area contributed by atoms with E-state index >= 15 is 0 Å². The molecule has 1 rings (SSSR count). The molecule has 0 saturated carbocycles. The first kappa shape index (κ1) is 18.6. The van der Waals surface area contributed by atoms with Crippen molar-refractivity contribution < 1.29 is 19.2 Å². The summed E-state index contributed by atoms with van der Waals surface area (Å²) in [6, 6.07) is 7.35. The van der Waals surface area contributed by atoms with Crippen LogP contribution in [-0.2, 0) is 25.8 Å². The molecule has 0 N–H and O–H groups in total. The number of esters is 1.